The topological polar surface area (TPSA) is 99.1 Å². The van der Waals surface area contributed by atoms with E-state index in [2.05, 4.69) is 46.6 Å². The number of nitrogens with one attached hydrogen (secondary N) is 1. The first-order chi connectivity index (χ1) is 11.6. The lowest BCUT2D eigenvalue weighted by Gasteiger charge is -2.26. The molecule has 0 atom stereocenters. The number of hydrogen-bond acceptors (Lipinski definition) is 5. The number of hydrogen-bond donors (Lipinski definition) is 3. The van der Waals surface area contributed by atoms with Gasteiger partial charge in [0.25, 0.3) is 0 Å². The molecule has 1 fully saturated rings. The van der Waals surface area contributed by atoms with E-state index in [0.717, 1.165) is 45.9 Å². The fraction of sp³-hybridized carbons (Fsp3) is 0.412. The number of ether oxygens (including phenoxy) is 1. The Hall–Kier alpha value is -2.22. The highest BCUT2D eigenvalue weighted by Crippen LogP contribution is 2.00. The molecular formula is C17H24N2O5. The minimum atomic E-state index is -1.82. The molecule has 2 rings (SSSR count). The van der Waals surface area contributed by atoms with E-state index in [1.165, 1.54) is 5.56 Å². The SMILES string of the molecule is C(=Cc1ccccc1)CNCCN1CCOCC1.O=C(O)C(=O)O. The van der Waals surface area contributed by atoms with E-state index < -0.39 is 11.9 Å². The third-order valence-electron chi connectivity index (χ3n) is 3.26. The molecule has 0 aromatic heterocycles. The number of carboxylic acids is 2. The molecule has 7 heteroatoms. The lowest BCUT2D eigenvalue weighted by atomic mass is 10.2. The normalized spacial score (nSPS) is 14.8. The Balaban J connectivity index is 0.000000413. The molecule has 7 nitrogen and oxygen atoms in total. The molecule has 0 spiro atoms. The van der Waals surface area contributed by atoms with E-state index in [1.807, 2.05) is 6.07 Å². The van der Waals surface area contributed by atoms with Crippen LogP contribution in [0.25, 0.3) is 6.08 Å². The number of benzene rings is 1. The summed E-state index contributed by atoms with van der Waals surface area (Å²) < 4.78 is 5.32. The number of rotatable bonds is 6. The Labute approximate surface area is 141 Å². The maximum atomic E-state index is 9.10. The quantitative estimate of drug-likeness (QED) is 0.521. The van der Waals surface area contributed by atoms with Gasteiger partial charge in [0.15, 0.2) is 0 Å². The van der Waals surface area contributed by atoms with Crippen LogP contribution in [0.2, 0.25) is 0 Å². The molecule has 1 aromatic carbocycles. The molecule has 0 saturated carbocycles. The second-order valence-corrected chi connectivity index (χ2v) is 5.08. The fourth-order valence-electron chi connectivity index (χ4n) is 2.01. The first-order valence-corrected chi connectivity index (χ1v) is 7.78. The van der Waals surface area contributed by atoms with Crippen LogP contribution in [0.15, 0.2) is 36.4 Å². The van der Waals surface area contributed by atoms with Gasteiger partial charge >= 0.3 is 11.9 Å². The summed E-state index contributed by atoms with van der Waals surface area (Å²) >= 11 is 0. The molecule has 0 bridgehead atoms. The highest BCUT2D eigenvalue weighted by atomic mass is 16.5. The lowest BCUT2D eigenvalue weighted by molar-refractivity contribution is -0.159. The van der Waals surface area contributed by atoms with Crippen molar-refractivity contribution in [2.75, 3.05) is 45.9 Å². The molecule has 24 heavy (non-hydrogen) atoms. The second-order valence-electron chi connectivity index (χ2n) is 5.08. The van der Waals surface area contributed by atoms with E-state index in [9.17, 15) is 0 Å². The fourth-order valence-corrected chi connectivity index (χ4v) is 2.01. The maximum absolute atomic E-state index is 9.10. The largest absolute Gasteiger partial charge is 0.473 e. The van der Waals surface area contributed by atoms with Gasteiger partial charge in [-0.25, -0.2) is 9.59 Å². The monoisotopic (exact) mass is 336 g/mol. The van der Waals surface area contributed by atoms with Crippen LogP contribution in [0.1, 0.15) is 5.56 Å². The Bertz CT molecular complexity index is 501. The van der Waals surface area contributed by atoms with Crippen molar-refractivity contribution < 1.29 is 24.5 Å². The van der Waals surface area contributed by atoms with Gasteiger partial charge in [-0.2, -0.15) is 0 Å². The summed E-state index contributed by atoms with van der Waals surface area (Å²) in [4.78, 5) is 20.6. The third-order valence-corrected chi connectivity index (χ3v) is 3.26. The van der Waals surface area contributed by atoms with Crippen molar-refractivity contribution in [2.45, 2.75) is 0 Å². The molecule has 1 aromatic rings. The number of carbonyl (C=O) groups is 2. The smallest absolute Gasteiger partial charge is 0.414 e. The maximum Gasteiger partial charge on any atom is 0.414 e. The number of nitrogens with zero attached hydrogens (tertiary/aromatic N) is 1. The summed E-state index contributed by atoms with van der Waals surface area (Å²) in [7, 11) is 0. The summed E-state index contributed by atoms with van der Waals surface area (Å²) in [5.41, 5.74) is 1.26. The third kappa shape index (κ3) is 9.73. The number of carboxylic acid groups (broad SMARTS) is 2. The summed E-state index contributed by atoms with van der Waals surface area (Å²) in [6, 6.07) is 10.4. The van der Waals surface area contributed by atoms with Crippen molar-refractivity contribution in [2.24, 2.45) is 0 Å². The Morgan fingerprint density at radius 2 is 1.75 bits per heavy atom. The van der Waals surface area contributed by atoms with Gasteiger partial charge in [-0.1, -0.05) is 42.5 Å². The molecule has 1 aliphatic heterocycles. The number of aliphatic carboxylic acids is 2. The van der Waals surface area contributed by atoms with Crippen molar-refractivity contribution in [1.29, 1.82) is 0 Å². The van der Waals surface area contributed by atoms with Crippen molar-refractivity contribution in [3.05, 3.63) is 42.0 Å². The Morgan fingerprint density at radius 3 is 2.33 bits per heavy atom. The summed E-state index contributed by atoms with van der Waals surface area (Å²) in [6.07, 6.45) is 4.33. The minimum Gasteiger partial charge on any atom is -0.473 e. The van der Waals surface area contributed by atoms with Crippen LogP contribution < -0.4 is 5.32 Å². The van der Waals surface area contributed by atoms with E-state index in [-0.39, 0.29) is 0 Å². The molecule has 1 saturated heterocycles. The summed E-state index contributed by atoms with van der Waals surface area (Å²) in [5.74, 6) is -3.65. The zero-order chi connectivity index (χ0) is 17.6. The van der Waals surface area contributed by atoms with Crippen molar-refractivity contribution in [3.63, 3.8) is 0 Å². The van der Waals surface area contributed by atoms with Crippen molar-refractivity contribution in [1.82, 2.24) is 10.2 Å². The van der Waals surface area contributed by atoms with Gasteiger partial charge in [0.05, 0.1) is 13.2 Å². The molecule has 0 aliphatic carbocycles. The van der Waals surface area contributed by atoms with E-state index >= 15 is 0 Å². The van der Waals surface area contributed by atoms with Gasteiger partial charge in [-0.3, -0.25) is 4.90 Å². The van der Waals surface area contributed by atoms with Crippen LogP contribution in [0.5, 0.6) is 0 Å². The Kier molecular flexibility index (Phi) is 10.1. The molecule has 0 radical (unpaired) electrons. The van der Waals surface area contributed by atoms with Crippen LogP contribution in [0.4, 0.5) is 0 Å². The highest BCUT2D eigenvalue weighted by Gasteiger charge is 2.08. The van der Waals surface area contributed by atoms with Gasteiger partial charge < -0.3 is 20.3 Å². The average Bonchev–Trinajstić information content (AvgIpc) is 2.60. The average molecular weight is 336 g/mol. The molecular weight excluding hydrogens is 312 g/mol. The highest BCUT2D eigenvalue weighted by molar-refractivity contribution is 6.27. The summed E-state index contributed by atoms with van der Waals surface area (Å²) in [5, 5.41) is 18.2. The Morgan fingerprint density at radius 1 is 1.12 bits per heavy atom. The molecule has 132 valence electrons. The summed E-state index contributed by atoms with van der Waals surface area (Å²) in [6.45, 7) is 6.99. The van der Waals surface area contributed by atoms with Crippen LogP contribution in [0.3, 0.4) is 0 Å². The van der Waals surface area contributed by atoms with E-state index in [4.69, 9.17) is 24.5 Å². The van der Waals surface area contributed by atoms with Gasteiger partial charge in [-0.15, -0.1) is 0 Å². The van der Waals surface area contributed by atoms with Crippen LogP contribution in [0, 0.1) is 0 Å². The zero-order valence-electron chi connectivity index (χ0n) is 13.6. The molecule has 0 unspecified atom stereocenters. The second kappa shape index (κ2) is 12.2. The molecule has 1 heterocycles. The van der Waals surface area contributed by atoms with Gasteiger partial charge in [0.2, 0.25) is 0 Å². The van der Waals surface area contributed by atoms with Crippen LogP contribution in [-0.4, -0.2) is 73.0 Å². The first kappa shape index (κ1) is 19.8. The minimum absolute atomic E-state index is 0.883. The van der Waals surface area contributed by atoms with Crippen molar-refractivity contribution in [3.8, 4) is 0 Å². The molecule has 0 amide bonds. The zero-order valence-corrected chi connectivity index (χ0v) is 13.6. The molecule has 1 aliphatic rings. The number of morpholine rings is 1. The van der Waals surface area contributed by atoms with E-state index in [1.54, 1.807) is 0 Å². The van der Waals surface area contributed by atoms with Crippen LogP contribution in [-0.2, 0) is 14.3 Å². The van der Waals surface area contributed by atoms with E-state index in [0.29, 0.717) is 0 Å². The lowest BCUT2D eigenvalue weighted by Crippen LogP contribution is -2.40. The molecule has 3 N–H and O–H groups in total. The predicted octanol–water partition coefficient (Wildman–Crippen LogP) is 0.777. The van der Waals surface area contributed by atoms with Gasteiger partial charge in [0.1, 0.15) is 0 Å². The standard InChI is InChI=1S/C15H22N2O.C2H2O4/c1-2-5-15(6-3-1)7-4-8-16-9-10-17-11-13-18-14-12-17;3-1(4)2(5)6/h1-7,16H,8-14H2;(H,3,4)(H,5,6). The van der Waals surface area contributed by atoms with Gasteiger partial charge in [0, 0.05) is 32.7 Å². The van der Waals surface area contributed by atoms with Crippen LogP contribution >= 0.6 is 0 Å². The van der Waals surface area contributed by atoms with Crippen molar-refractivity contribution >= 4 is 18.0 Å². The first-order valence-electron chi connectivity index (χ1n) is 7.78. The van der Waals surface area contributed by atoms with Gasteiger partial charge in [-0.05, 0) is 5.56 Å². The predicted molar refractivity (Wildman–Crippen MR) is 90.9 cm³/mol.